The molecule has 2 N–H and O–H groups in total. The van der Waals surface area contributed by atoms with Gasteiger partial charge in [-0.2, -0.15) is 0 Å². The Labute approximate surface area is 134 Å². The topological polar surface area (TPSA) is 75.6 Å². The first-order valence-corrected chi connectivity index (χ1v) is 7.10. The zero-order valence-electron chi connectivity index (χ0n) is 13.0. The van der Waals surface area contributed by atoms with Crippen molar-refractivity contribution < 1.29 is 19.4 Å². The number of ether oxygens (including phenoxy) is 1. The Balaban J connectivity index is 1.97. The van der Waals surface area contributed by atoms with Gasteiger partial charge in [-0.25, -0.2) is 9.59 Å². The Kier molecular flexibility index (Phi) is 5.21. The highest BCUT2D eigenvalue weighted by molar-refractivity contribution is 5.95. The molecule has 0 fully saturated rings. The van der Waals surface area contributed by atoms with Crippen LogP contribution in [-0.4, -0.2) is 23.7 Å². The zero-order chi connectivity index (χ0) is 16.8. The molecule has 0 aromatic heterocycles. The first-order chi connectivity index (χ1) is 11.0. The lowest BCUT2D eigenvalue weighted by molar-refractivity contribution is -0.137. The molecule has 0 radical (unpaired) electrons. The van der Waals surface area contributed by atoms with Crippen molar-refractivity contribution in [1.82, 2.24) is 5.32 Å². The van der Waals surface area contributed by atoms with Gasteiger partial charge in [-0.15, -0.1) is 0 Å². The van der Waals surface area contributed by atoms with Crippen LogP contribution in [0, 0.1) is 11.8 Å². The third-order valence-corrected chi connectivity index (χ3v) is 3.42. The lowest BCUT2D eigenvalue weighted by Crippen LogP contribution is -2.25. The number of aliphatic carboxylic acids is 1. The van der Waals surface area contributed by atoms with Gasteiger partial charge in [0, 0.05) is 23.4 Å². The summed E-state index contributed by atoms with van der Waals surface area (Å²) < 4.78 is 5.11. The van der Waals surface area contributed by atoms with Crippen molar-refractivity contribution >= 4 is 11.9 Å². The molecule has 118 valence electrons. The molecule has 0 bridgehead atoms. The van der Waals surface area contributed by atoms with Crippen LogP contribution in [0.2, 0.25) is 0 Å². The summed E-state index contributed by atoms with van der Waals surface area (Å²) in [6.07, 6.45) is 0.0466. The maximum absolute atomic E-state index is 12.1. The van der Waals surface area contributed by atoms with Gasteiger partial charge in [0.2, 0.25) is 0 Å². The van der Waals surface area contributed by atoms with E-state index in [1.165, 1.54) is 0 Å². The minimum Gasteiger partial charge on any atom is -0.478 e. The van der Waals surface area contributed by atoms with Crippen molar-refractivity contribution in [3.8, 4) is 11.8 Å². The second kappa shape index (κ2) is 7.32. The molecule has 0 spiro atoms. The third-order valence-electron chi connectivity index (χ3n) is 3.42. The van der Waals surface area contributed by atoms with E-state index in [0.717, 1.165) is 5.56 Å². The zero-order valence-corrected chi connectivity index (χ0v) is 13.0. The monoisotopic (exact) mass is 311 g/mol. The van der Waals surface area contributed by atoms with E-state index in [2.05, 4.69) is 17.2 Å². The summed E-state index contributed by atoms with van der Waals surface area (Å²) in [5, 5.41) is 12.0. The maximum Gasteiger partial charge on any atom is 0.337 e. The number of nitrogens with one attached hydrogen (secondary N) is 1. The highest BCUT2D eigenvalue weighted by Crippen LogP contribution is 2.23. The molecule has 5 heteroatoms. The van der Waals surface area contributed by atoms with Gasteiger partial charge >= 0.3 is 11.9 Å². The SMILES string of the molecule is CC1=C(C(=O)O)CC(C(=O)OCC#Cc2ccccc2)=C(C)N1. The highest BCUT2D eigenvalue weighted by atomic mass is 16.5. The number of carbonyl (C=O) groups excluding carboxylic acids is 1. The quantitative estimate of drug-likeness (QED) is 0.661. The summed E-state index contributed by atoms with van der Waals surface area (Å²) in [6.45, 7) is 3.34. The van der Waals surface area contributed by atoms with Gasteiger partial charge < -0.3 is 15.2 Å². The third kappa shape index (κ3) is 4.24. The first-order valence-electron chi connectivity index (χ1n) is 7.10. The average molecular weight is 311 g/mol. The molecule has 1 aliphatic rings. The van der Waals surface area contributed by atoms with Crippen molar-refractivity contribution in [3.63, 3.8) is 0 Å². The van der Waals surface area contributed by atoms with Crippen molar-refractivity contribution in [2.75, 3.05) is 6.61 Å². The first kappa shape index (κ1) is 16.4. The predicted molar refractivity (Wildman–Crippen MR) is 85.1 cm³/mol. The van der Waals surface area contributed by atoms with Crippen LogP contribution in [0.5, 0.6) is 0 Å². The fourth-order valence-electron chi connectivity index (χ4n) is 2.18. The Morgan fingerprint density at radius 2 is 1.83 bits per heavy atom. The molecular formula is C18H17NO4. The molecular weight excluding hydrogens is 294 g/mol. The Bertz CT molecular complexity index is 748. The number of esters is 1. The van der Waals surface area contributed by atoms with Crippen molar-refractivity contribution in [1.29, 1.82) is 0 Å². The van der Waals surface area contributed by atoms with Crippen LogP contribution < -0.4 is 5.32 Å². The molecule has 2 rings (SSSR count). The molecule has 0 unspecified atom stereocenters. The summed E-state index contributed by atoms with van der Waals surface area (Å²) in [6, 6.07) is 9.37. The summed E-state index contributed by atoms with van der Waals surface area (Å²) >= 11 is 0. The number of rotatable bonds is 3. The molecule has 1 aromatic carbocycles. The summed E-state index contributed by atoms with van der Waals surface area (Å²) in [7, 11) is 0. The van der Waals surface area contributed by atoms with Gasteiger partial charge in [-0.3, -0.25) is 0 Å². The average Bonchev–Trinajstić information content (AvgIpc) is 2.52. The van der Waals surface area contributed by atoms with Gasteiger partial charge in [0.1, 0.15) is 0 Å². The molecule has 0 amide bonds. The van der Waals surface area contributed by atoms with E-state index < -0.39 is 11.9 Å². The van der Waals surface area contributed by atoms with Gasteiger partial charge in [-0.05, 0) is 26.0 Å². The van der Waals surface area contributed by atoms with Crippen molar-refractivity contribution in [3.05, 3.63) is 58.4 Å². The Morgan fingerprint density at radius 1 is 1.17 bits per heavy atom. The van der Waals surface area contributed by atoms with Crippen molar-refractivity contribution in [2.45, 2.75) is 20.3 Å². The van der Waals surface area contributed by atoms with E-state index in [4.69, 9.17) is 9.84 Å². The summed E-state index contributed by atoms with van der Waals surface area (Å²) in [5.74, 6) is 4.05. The molecule has 0 aliphatic carbocycles. The van der Waals surface area contributed by atoms with Gasteiger partial charge in [0.15, 0.2) is 6.61 Å². The van der Waals surface area contributed by atoms with E-state index in [1.54, 1.807) is 13.8 Å². The minimum atomic E-state index is -1.04. The largest absolute Gasteiger partial charge is 0.478 e. The molecule has 0 saturated carbocycles. The molecule has 0 atom stereocenters. The molecule has 1 aliphatic heterocycles. The van der Waals surface area contributed by atoms with E-state index in [9.17, 15) is 9.59 Å². The van der Waals surface area contributed by atoms with Crippen molar-refractivity contribution in [2.24, 2.45) is 0 Å². The maximum atomic E-state index is 12.1. The number of hydrogen-bond acceptors (Lipinski definition) is 4. The van der Waals surface area contributed by atoms with Crippen LogP contribution in [0.4, 0.5) is 0 Å². The fraction of sp³-hybridized carbons (Fsp3) is 0.222. The number of benzene rings is 1. The molecule has 5 nitrogen and oxygen atoms in total. The second-order valence-corrected chi connectivity index (χ2v) is 5.06. The molecule has 23 heavy (non-hydrogen) atoms. The number of carboxylic acid groups (broad SMARTS) is 1. The molecule has 1 heterocycles. The van der Waals surface area contributed by atoms with E-state index in [0.29, 0.717) is 17.0 Å². The summed E-state index contributed by atoms with van der Waals surface area (Å²) in [5.41, 5.74) is 2.46. The smallest absolute Gasteiger partial charge is 0.337 e. The van der Waals surface area contributed by atoms with Gasteiger partial charge in [0.05, 0.1) is 11.1 Å². The fourth-order valence-corrected chi connectivity index (χ4v) is 2.18. The summed E-state index contributed by atoms with van der Waals surface area (Å²) in [4.78, 5) is 23.3. The minimum absolute atomic E-state index is 0.0460. The van der Waals surface area contributed by atoms with Crippen LogP contribution in [0.3, 0.4) is 0 Å². The number of allylic oxidation sites excluding steroid dienone is 2. The lowest BCUT2D eigenvalue weighted by Gasteiger charge is -2.20. The van der Waals surface area contributed by atoms with E-state index in [1.807, 2.05) is 30.3 Å². The van der Waals surface area contributed by atoms with Crippen LogP contribution in [0.25, 0.3) is 0 Å². The number of carboxylic acids is 1. The van der Waals surface area contributed by atoms with E-state index in [-0.39, 0.29) is 18.6 Å². The number of carbonyl (C=O) groups is 2. The normalized spacial score (nSPS) is 13.8. The van der Waals surface area contributed by atoms with Crippen LogP contribution in [0.1, 0.15) is 25.8 Å². The molecule has 1 aromatic rings. The Morgan fingerprint density at radius 3 is 2.48 bits per heavy atom. The number of hydrogen-bond donors (Lipinski definition) is 2. The molecule has 0 saturated heterocycles. The standard InChI is InChI=1S/C18H17NO4/c1-12-15(17(20)21)11-16(13(2)19-12)18(22)23-10-6-9-14-7-4-3-5-8-14/h3-5,7-8,19H,10-11H2,1-2H3,(H,20,21). The predicted octanol–water partition coefficient (Wildman–Crippen LogP) is 2.21. The second-order valence-electron chi connectivity index (χ2n) is 5.06. The lowest BCUT2D eigenvalue weighted by atomic mass is 9.98. The van der Waals surface area contributed by atoms with Gasteiger partial charge in [0.25, 0.3) is 0 Å². The highest BCUT2D eigenvalue weighted by Gasteiger charge is 2.25. The number of dihydropyridines is 1. The van der Waals surface area contributed by atoms with Crippen LogP contribution in [-0.2, 0) is 14.3 Å². The van der Waals surface area contributed by atoms with Gasteiger partial charge in [-0.1, -0.05) is 30.0 Å². The van der Waals surface area contributed by atoms with Crippen LogP contribution >= 0.6 is 0 Å². The Hall–Kier alpha value is -3.00. The van der Waals surface area contributed by atoms with E-state index >= 15 is 0 Å². The van der Waals surface area contributed by atoms with Crippen LogP contribution in [0.15, 0.2) is 52.9 Å².